The van der Waals surface area contributed by atoms with Gasteiger partial charge in [0, 0.05) is 6.42 Å². The lowest BCUT2D eigenvalue weighted by Gasteiger charge is -2.13. The summed E-state index contributed by atoms with van der Waals surface area (Å²) < 4.78 is 1.00. The van der Waals surface area contributed by atoms with Crippen LogP contribution < -0.4 is 16.0 Å². The minimum absolute atomic E-state index is 0.0869. The molecule has 2 heterocycles. The Morgan fingerprint density at radius 1 is 1.18 bits per heavy atom. The number of benzene rings is 2. The number of aromatic nitrogens is 1. The lowest BCUT2D eigenvalue weighted by molar-refractivity contribution is -0.118. The van der Waals surface area contributed by atoms with Crippen molar-refractivity contribution in [2.75, 3.05) is 10.6 Å². The molecule has 0 spiro atoms. The van der Waals surface area contributed by atoms with Crippen molar-refractivity contribution in [3.8, 4) is 0 Å². The monoisotopic (exact) mass is 394 g/mol. The maximum atomic E-state index is 12.4. The first-order valence-electron chi connectivity index (χ1n) is 8.88. The lowest BCUT2D eigenvalue weighted by Crippen LogP contribution is -2.41. The second-order valence-corrected chi connectivity index (χ2v) is 7.62. The van der Waals surface area contributed by atoms with Crippen LogP contribution in [0.4, 0.5) is 10.8 Å². The van der Waals surface area contributed by atoms with E-state index in [4.69, 9.17) is 0 Å². The number of nitrogens with one attached hydrogen (secondary N) is 3. The first-order valence-corrected chi connectivity index (χ1v) is 9.69. The maximum Gasteiger partial charge on any atom is 0.254 e. The Hall–Kier alpha value is -3.26. The fourth-order valence-electron chi connectivity index (χ4n) is 3.11. The quantitative estimate of drug-likeness (QED) is 0.633. The molecule has 1 aliphatic heterocycles. The second-order valence-electron chi connectivity index (χ2n) is 6.59. The maximum absolute atomic E-state index is 12.4. The molecule has 8 heteroatoms. The molecule has 7 nitrogen and oxygen atoms in total. The molecule has 0 fully saturated rings. The summed E-state index contributed by atoms with van der Waals surface area (Å²) in [4.78, 5) is 41.5. The number of carbonyl (C=O) groups excluding carboxylic acids is 3. The van der Waals surface area contributed by atoms with E-state index in [1.807, 2.05) is 25.1 Å². The van der Waals surface area contributed by atoms with Crippen molar-refractivity contribution in [2.24, 2.45) is 0 Å². The van der Waals surface area contributed by atoms with Crippen molar-refractivity contribution < 1.29 is 14.4 Å². The van der Waals surface area contributed by atoms with Crippen LogP contribution in [-0.2, 0) is 9.59 Å². The zero-order chi connectivity index (χ0) is 19.7. The number of aryl methyl sites for hydroxylation is 1. The first-order chi connectivity index (χ1) is 13.5. The predicted octanol–water partition coefficient (Wildman–Crippen LogP) is 3.07. The van der Waals surface area contributed by atoms with Crippen LogP contribution in [0.1, 0.15) is 28.8 Å². The van der Waals surface area contributed by atoms with Crippen molar-refractivity contribution in [1.82, 2.24) is 10.3 Å². The number of amides is 3. The highest BCUT2D eigenvalue weighted by Gasteiger charge is 2.27. The minimum Gasteiger partial charge on any atom is -0.340 e. The molecule has 142 valence electrons. The average Bonchev–Trinajstić information content (AvgIpc) is 3.03. The van der Waals surface area contributed by atoms with Gasteiger partial charge in [-0.3, -0.25) is 14.4 Å². The topological polar surface area (TPSA) is 100 Å². The second kappa shape index (κ2) is 7.40. The van der Waals surface area contributed by atoms with Crippen LogP contribution in [0, 0.1) is 6.92 Å². The van der Waals surface area contributed by atoms with E-state index in [1.165, 1.54) is 11.3 Å². The van der Waals surface area contributed by atoms with Gasteiger partial charge in [-0.25, -0.2) is 4.98 Å². The van der Waals surface area contributed by atoms with Gasteiger partial charge in [0.25, 0.3) is 5.91 Å². The molecule has 1 aliphatic rings. The van der Waals surface area contributed by atoms with Crippen molar-refractivity contribution in [3.05, 3.63) is 53.6 Å². The van der Waals surface area contributed by atoms with E-state index in [-0.39, 0.29) is 30.6 Å². The Kier molecular flexibility index (Phi) is 4.79. The van der Waals surface area contributed by atoms with E-state index in [0.29, 0.717) is 16.4 Å². The van der Waals surface area contributed by atoms with Gasteiger partial charge in [-0.2, -0.15) is 0 Å². The van der Waals surface area contributed by atoms with Crippen LogP contribution in [0.5, 0.6) is 0 Å². The summed E-state index contributed by atoms with van der Waals surface area (Å²) in [5.74, 6) is -0.914. The van der Waals surface area contributed by atoms with Crippen LogP contribution >= 0.6 is 11.3 Å². The molecule has 1 aromatic heterocycles. The highest BCUT2D eigenvalue weighted by molar-refractivity contribution is 7.22. The number of fused-ring (bicyclic) bond motifs is 2. The predicted molar refractivity (Wildman–Crippen MR) is 109 cm³/mol. The van der Waals surface area contributed by atoms with Crippen LogP contribution in [0.3, 0.4) is 0 Å². The van der Waals surface area contributed by atoms with Crippen LogP contribution in [0.25, 0.3) is 10.2 Å². The molecule has 0 saturated heterocycles. The van der Waals surface area contributed by atoms with Gasteiger partial charge in [-0.05, 0) is 37.1 Å². The van der Waals surface area contributed by atoms with Gasteiger partial charge in [0.05, 0.1) is 21.5 Å². The number of hydrogen-bond donors (Lipinski definition) is 3. The molecule has 0 saturated carbocycles. The number of rotatable bonds is 4. The smallest absolute Gasteiger partial charge is 0.254 e. The van der Waals surface area contributed by atoms with Gasteiger partial charge in [-0.15, -0.1) is 0 Å². The fraction of sp³-hybridized carbons (Fsp3) is 0.200. The summed E-state index contributed by atoms with van der Waals surface area (Å²) in [5.41, 5.74) is 2.80. The molecule has 3 N–H and O–H groups in total. The van der Waals surface area contributed by atoms with Crippen molar-refractivity contribution in [1.29, 1.82) is 0 Å². The van der Waals surface area contributed by atoms with E-state index in [1.54, 1.807) is 24.3 Å². The highest BCUT2D eigenvalue weighted by Crippen LogP contribution is 2.28. The molecule has 3 aromatic rings. The summed E-state index contributed by atoms with van der Waals surface area (Å²) in [6.45, 7) is 1.97. The lowest BCUT2D eigenvalue weighted by atomic mass is 10.1. The molecule has 2 aromatic carbocycles. The Balaban J connectivity index is 1.39. The third kappa shape index (κ3) is 3.59. The Bertz CT molecular complexity index is 1090. The van der Waals surface area contributed by atoms with Gasteiger partial charge in [-0.1, -0.05) is 35.6 Å². The molecule has 0 radical (unpaired) electrons. The molecule has 0 aliphatic carbocycles. The molecule has 3 amide bonds. The summed E-state index contributed by atoms with van der Waals surface area (Å²) in [6, 6.07) is 11.9. The molecule has 4 rings (SSSR count). The van der Waals surface area contributed by atoms with Crippen molar-refractivity contribution in [2.45, 2.75) is 25.8 Å². The van der Waals surface area contributed by atoms with Gasteiger partial charge < -0.3 is 16.0 Å². The first kappa shape index (κ1) is 18.1. The number of carbonyl (C=O) groups is 3. The summed E-state index contributed by atoms with van der Waals surface area (Å²) in [6.07, 6.45) is 0.283. The van der Waals surface area contributed by atoms with Gasteiger partial charge in [0.2, 0.25) is 11.8 Å². The van der Waals surface area contributed by atoms with Gasteiger partial charge >= 0.3 is 0 Å². The largest absolute Gasteiger partial charge is 0.340 e. The summed E-state index contributed by atoms with van der Waals surface area (Å²) in [7, 11) is 0. The Morgan fingerprint density at radius 2 is 2.00 bits per heavy atom. The van der Waals surface area contributed by atoms with Crippen LogP contribution in [0.15, 0.2) is 42.5 Å². The normalized spacial score (nSPS) is 16.1. The van der Waals surface area contributed by atoms with Crippen molar-refractivity contribution >= 4 is 50.1 Å². The molecule has 0 bridgehead atoms. The minimum atomic E-state index is -0.775. The number of hydrogen-bond acceptors (Lipinski definition) is 5. The summed E-state index contributed by atoms with van der Waals surface area (Å²) >= 11 is 1.41. The SMILES string of the molecule is Cc1cccc2sc(NC(=O)CC[C@@H]3NC(=O)c4ccccc4NC3=O)nc12. The van der Waals surface area contributed by atoms with E-state index < -0.39 is 6.04 Å². The number of nitrogens with zero attached hydrogens (tertiary/aromatic N) is 1. The number of anilines is 2. The number of para-hydroxylation sites is 2. The van der Waals surface area contributed by atoms with E-state index >= 15 is 0 Å². The molecule has 1 atom stereocenters. The molecule has 28 heavy (non-hydrogen) atoms. The molecular formula is C20H18N4O3S. The van der Waals surface area contributed by atoms with E-state index in [2.05, 4.69) is 20.9 Å². The van der Waals surface area contributed by atoms with Crippen LogP contribution in [-0.4, -0.2) is 28.7 Å². The van der Waals surface area contributed by atoms with Crippen LogP contribution in [0.2, 0.25) is 0 Å². The van der Waals surface area contributed by atoms with Crippen molar-refractivity contribution in [3.63, 3.8) is 0 Å². The summed E-state index contributed by atoms with van der Waals surface area (Å²) in [5, 5.41) is 8.73. The van der Waals surface area contributed by atoms with Gasteiger partial charge in [0.15, 0.2) is 5.13 Å². The molecule has 0 unspecified atom stereocenters. The van der Waals surface area contributed by atoms with E-state index in [9.17, 15) is 14.4 Å². The highest BCUT2D eigenvalue weighted by atomic mass is 32.1. The van der Waals surface area contributed by atoms with Gasteiger partial charge in [0.1, 0.15) is 6.04 Å². The zero-order valence-corrected chi connectivity index (χ0v) is 15.9. The molecular weight excluding hydrogens is 376 g/mol. The third-order valence-electron chi connectivity index (χ3n) is 4.58. The number of thiazole rings is 1. The average molecular weight is 394 g/mol. The Morgan fingerprint density at radius 3 is 2.82 bits per heavy atom. The third-order valence-corrected chi connectivity index (χ3v) is 5.51. The van der Waals surface area contributed by atoms with E-state index in [0.717, 1.165) is 15.8 Å². The standard InChI is InChI=1S/C20H18N4O3S/c1-11-5-4-8-15-17(11)24-20(28-15)23-16(25)10-9-14-19(27)21-13-7-3-2-6-12(13)18(26)22-14/h2-8,14H,9-10H2,1H3,(H,21,27)(H,22,26)(H,23,24,25)/t14-/m0/s1. The zero-order valence-electron chi connectivity index (χ0n) is 15.1. The fourth-order valence-corrected chi connectivity index (χ4v) is 4.07. The Labute approximate surface area is 165 Å².